The van der Waals surface area contributed by atoms with Crippen molar-refractivity contribution in [2.24, 2.45) is 0 Å². The van der Waals surface area contributed by atoms with E-state index < -0.39 is 12.4 Å². The van der Waals surface area contributed by atoms with Crippen LogP contribution in [0.5, 0.6) is 0 Å². The van der Waals surface area contributed by atoms with Gasteiger partial charge in [-0.1, -0.05) is 0 Å². The molecule has 1 heterocycles. The van der Waals surface area contributed by atoms with Crippen molar-refractivity contribution in [1.29, 1.82) is 0 Å². The van der Waals surface area contributed by atoms with Gasteiger partial charge < -0.3 is 4.74 Å². The molecule has 0 fully saturated rings. The summed E-state index contributed by atoms with van der Waals surface area (Å²) in [5.41, 5.74) is 0.0568. The molecule has 88 valence electrons. The Hall–Kier alpha value is -0.790. The highest BCUT2D eigenvalue weighted by Crippen LogP contribution is 2.23. The third kappa shape index (κ3) is 3.66. The summed E-state index contributed by atoms with van der Waals surface area (Å²) in [6.45, 7) is 1.91. The molecule has 3 nitrogen and oxygen atoms in total. The molecule has 0 bridgehead atoms. The lowest BCUT2D eigenvalue weighted by molar-refractivity contribution is -0.142. The number of esters is 1. The summed E-state index contributed by atoms with van der Waals surface area (Å²) >= 11 is 1.91. The van der Waals surface area contributed by atoms with E-state index in [4.69, 9.17) is 4.74 Å². The molecule has 1 aromatic heterocycles. The van der Waals surface area contributed by atoms with Crippen LogP contribution in [-0.4, -0.2) is 17.6 Å². The number of ether oxygens (including phenoxy) is 1. The Morgan fingerprint density at radius 2 is 2.31 bits per heavy atom. The lowest BCUT2D eigenvalue weighted by Gasteiger charge is -2.08. The van der Waals surface area contributed by atoms with Gasteiger partial charge in [0.15, 0.2) is 0 Å². The summed E-state index contributed by atoms with van der Waals surface area (Å²) in [6, 6.07) is 1.47. The molecule has 0 radical (unpaired) electrons. The van der Waals surface area contributed by atoms with E-state index in [-0.39, 0.29) is 24.2 Å². The number of hydrogen-bond acceptors (Lipinski definition) is 3. The quantitative estimate of drug-likeness (QED) is 0.480. The smallest absolute Gasteiger partial charge is 0.310 e. The monoisotopic (exact) mass is 341 g/mol. The number of nitrogens with zero attached hydrogens (tertiary/aromatic N) is 1. The van der Waals surface area contributed by atoms with Gasteiger partial charge in [0, 0.05) is 11.8 Å². The fraction of sp³-hybridized carbons (Fsp3) is 0.400. The second-order valence-electron chi connectivity index (χ2n) is 2.99. The summed E-state index contributed by atoms with van der Waals surface area (Å²) in [5, 5.41) is 0. The van der Waals surface area contributed by atoms with E-state index in [1.54, 1.807) is 6.92 Å². The fourth-order valence-corrected chi connectivity index (χ4v) is 1.71. The van der Waals surface area contributed by atoms with E-state index in [0.717, 1.165) is 6.20 Å². The fourth-order valence-electron chi connectivity index (χ4n) is 1.20. The van der Waals surface area contributed by atoms with E-state index in [1.165, 1.54) is 6.07 Å². The van der Waals surface area contributed by atoms with Crippen LogP contribution >= 0.6 is 22.6 Å². The molecule has 0 atom stereocenters. The summed E-state index contributed by atoms with van der Waals surface area (Å²) < 4.78 is 30.5. The van der Waals surface area contributed by atoms with Crippen LogP contribution in [0.4, 0.5) is 8.78 Å². The van der Waals surface area contributed by atoms with E-state index in [1.807, 2.05) is 22.6 Å². The third-order valence-corrected chi connectivity index (χ3v) is 2.46. The highest BCUT2D eigenvalue weighted by Gasteiger charge is 2.16. The molecule has 0 aromatic carbocycles. The number of carbonyl (C=O) groups is 1. The van der Waals surface area contributed by atoms with E-state index in [9.17, 15) is 13.6 Å². The van der Waals surface area contributed by atoms with Gasteiger partial charge in [-0.3, -0.25) is 4.79 Å². The molecule has 0 N–H and O–H groups in total. The van der Waals surface area contributed by atoms with Crippen molar-refractivity contribution in [3.05, 3.63) is 27.1 Å². The lowest BCUT2D eigenvalue weighted by atomic mass is 10.1. The standard InChI is InChI=1S/C10H10F2INO2/c1-2-16-9(15)4-6-3-8(13)14-5-7(6)10(11)12/h3,5,10H,2,4H2,1H3. The van der Waals surface area contributed by atoms with Crippen molar-refractivity contribution in [2.45, 2.75) is 19.8 Å². The Morgan fingerprint density at radius 3 is 2.88 bits per heavy atom. The molecule has 0 amide bonds. The first-order valence-corrected chi connectivity index (χ1v) is 5.70. The molecule has 0 aliphatic carbocycles. The Morgan fingerprint density at radius 1 is 1.62 bits per heavy atom. The van der Waals surface area contributed by atoms with E-state index in [2.05, 4.69) is 4.98 Å². The minimum Gasteiger partial charge on any atom is -0.466 e. The zero-order valence-electron chi connectivity index (χ0n) is 8.54. The average Bonchev–Trinajstić information content (AvgIpc) is 2.17. The number of hydrogen-bond donors (Lipinski definition) is 0. The van der Waals surface area contributed by atoms with E-state index in [0.29, 0.717) is 3.70 Å². The van der Waals surface area contributed by atoms with E-state index >= 15 is 0 Å². The maximum atomic E-state index is 12.6. The van der Waals surface area contributed by atoms with Crippen LogP contribution in [0, 0.1) is 3.70 Å². The largest absolute Gasteiger partial charge is 0.466 e. The molecular formula is C10H10F2INO2. The van der Waals surface area contributed by atoms with Crippen molar-refractivity contribution in [2.75, 3.05) is 6.61 Å². The van der Waals surface area contributed by atoms with Gasteiger partial charge in [-0.05, 0) is 41.1 Å². The molecule has 1 aromatic rings. The maximum Gasteiger partial charge on any atom is 0.310 e. The van der Waals surface area contributed by atoms with Crippen LogP contribution in [0.25, 0.3) is 0 Å². The van der Waals surface area contributed by atoms with Crippen molar-refractivity contribution < 1.29 is 18.3 Å². The molecule has 16 heavy (non-hydrogen) atoms. The van der Waals surface area contributed by atoms with Crippen molar-refractivity contribution in [1.82, 2.24) is 4.98 Å². The van der Waals surface area contributed by atoms with Gasteiger partial charge >= 0.3 is 5.97 Å². The first-order chi connectivity index (χ1) is 7.54. The lowest BCUT2D eigenvalue weighted by Crippen LogP contribution is -2.10. The third-order valence-electron chi connectivity index (χ3n) is 1.87. The average molecular weight is 341 g/mol. The number of carbonyl (C=O) groups excluding carboxylic acids is 1. The minimum absolute atomic E-state index is 0.147. The van der Waals surface area contributed by atoms with Gasteiger partial charge in [-0.2, -0.15) is 0 Å². The SMILES string of the molecule is CCOC(=O)Cc1cc(I)ncc1C(F)F. The highest BCUT2D eigenvalue weighted by atomic mass is 127. The molecule has 0 unspecified atom stereocenters. The molecule has 0 aliphatic heterocycles. The molecule has 1 rings (SSSR count). The highest BCUT2D eigenvalue weighted by molar-refractivity contribution is 14.1. The minimum atomic E-state index is -2.63. The van der Waals surface area contributed by atoms with Crippen LogP contribution < -0.4 is 0 Å². The molecule has 0 aliphatic rings. The van der Waals surface area contributed by atoms with Crippen molar-refractivity contribution in [3.8, 4) is 0 Å². The zero-order chi connectivity index (χ0) is 12.1. The Labute approximate surface area is 105 Å². The van der Waals surface area contributed by atoms with Crippen molar-refractivity contribution in [3.63, 3.8) is 0 Å². The number of halogens is 3. The molecular weight excluding hydrogens is 331 g/mol. The van der Waals surface area contributed by atoms with Crippen LogP contribution in [0.15, 0.2) is 12.3 Å². The van der Waals surface area contributed by atoms with Gasteiger partial charge in [0.2, 0.25) is 0 Å². The first-order valence-electron chi connectivity index (χ1n) is 4.62. The second kappa shape index (κ2) is 6.07. The normalized spacial score (nSPS) is 10.6. The van der Waals surface area contributed by atoms with Crippen LogP contribution in [-0.2, 0) is 16.0 Å². The predicted octanol–water partition coefficient (Wildman–Crippen LogP) is 2.73. The number of alkyl halides is 2. The molecule has 6 heteroatoms. The Kier molecular flexibility index (Phi) is 5.04. The summed E-state index contributed by atoms with van der Waals surface area (Å²) in [6.07, 6.45) is -1.68. The number of rotatable bonds is 4. The topological polar surface area (TPSA) is 39.2 Å². The second-order valence-corrected chi connectivity index (χ2v) is 4.09. The van der Waals surface area contributed by atoms with Crippen LogP contribution in [0.2, 0.25) is 0 Å². The maximum absolute atomic E-state index is 12.6. The number of pyridine rings is 1. The molecule has 0 spiro atoms. The summed E-state index contributed by atoms with van der Waals surface area (Å²) in [7, 11) is 0. The van der Waals surface area contributed by atoms with Gasteiger partial charge in [0.25, 0.3) is 6.43 Å². The Bertz CT molecular complexity index is 385. The van der Waals surface area contributed by atoms with Crippen LogP contribution in [0.3, 0.4) is 0 Å². The van der Waals surface area contributed by atoms with Crippen molar-refractivity contribution >= 4 is 28.6 Å². The summed E-state index contributed by atoms with van der Waals surface area (Å²) in [4.78, 5) is 15.0. The van der Waals surface area contributed by atoms with Gasteiger partial charge in [-0.15, -0.1) is 0 Å². The zero-order valence-corrected chi connectivity index (χ0v) is 10.7. The molecule has 0 saturated carbocycles. The number of aromatic nitrogens is 1. The van der Waals surface area contributed by atoms with Gasteiger partial charge in [0.1, 0.15) is 3.70 Å². The molecule has 0 saturated heterocycles. The van der Waals surface area contributed by atoms with Gasteiger partial charge in [0.05, 0.1) is 13.0 Å². The Balaban J connectivity index is 2.92. The van der Waals surface area contributed by atoms with Crippen LogP contribution in [0.1, 0.15) is 24.5 Å². The summed E-state index contributed by atoms with van der Waals surface area (Å²) in [5.74, 6) is -0.508. The van der Waals surface area contributed by atoms with Gasteiger partial charge in [-0.25, -0.2) is 13.8 Å². The predicted molar refractivity (Wildman–Crippen MR) is 62.2 cm³/mol. The first kappa shape index (κ1) is 13.3.